The highest BCUT2D eigenvalue weighted by Gasteiger charge is 2.44. The Bertz CT molecular complexity index is 1200. The average Bonchev–Trinajstić information content (AvgIpc) is 2.99. The van der Waals surface area contributed by atoms with E-state index in [1.807, 2.05) is 0 Å². The molecule has 31 heavy (non-hydrogen) atoms. The predicted octanol–water partition coefficient (Wildman–Crippen LogP) is 0.100. The number of hydrogen-bond acceptors (Lipinski definition) is 11. The summed E-state index contributed by atoms with van der Waals surface area (Å²) in [5, 5.41) is 68.3. The zero-order valence-corrected chi connectivity index (χ0v) is 15.7. The normalized spacial score (nSPS) is 23.3. The van der Waals surface area contributed by atoms with Gasteiger partial charge in [0.25, 0.3) is 0 Å². The van der Waals surface area contributed by atoms with Crippen molar-refractivity contribution in [1.29, 1.82) is 0 Å². The van der Waals surface area contributed by atoms with E-state index in [1.165, 1.54) is 6.07 Å². The van der Waals surface area contributed by atoms with Gasteiger partial charge in [-0.15, -0.1) is 0 Å². The molecule has 4 atom stereocenters. The molecule has 1 aromatic heterocycles. The molecule has 164 valence electrons. The second-order valence-electron chi connectivity index (χ2n) is 6.96. The van der Waals surface area contributed by atoms with Crippen LogP contribution in [0.1, 0.15) is 0 Å². The minimum absolute atomic E-state index is 0.0684. The average molecular weight is 434 g/mol. The van der Waals surface area contributed by atoms with E-state index in [0.29, 0.717) is 0 Å². The van der Waals surface area contributed by atoms with Crippen molar-refractivity contribution < 1.29 is 49.6 Å². The van der Waals surface area contributed by atoms with Crippen molar-refractivity contribution in [3.63, 3.8) is 0 Å². The van der Waals surface area contributed by atoms with Gasteiger partial charge in [0, 0.05) is 17.7 Å². The molecular formula is C20H18O11. The van der Waals surface area contributed by atoms with Gasteiger partial charge in [0.2, 0.25) is 17.5 Å². The maximum Gasteiger partial charge on any atom is 0.239 e. The lowest BCUT2D eigenvalue weighted by Gasteiger charge is -2.19. The van der Waals surface area contributed by atoms with Crippen molar-refractivity contribution in [2.45, 2.75) is 24.6 Å². The first-order valence-electron chi connectivity index (χ1n) is 9.05. The van der Waals surface area contributed by atoms with Crippen molar-refractivity contribution in [3.05, 3.63) is 40.6 Å². The number of fused-ring (bicyclic) bond motifs is 1. The SMILES string of the molecule is O=c1c(O[C@@H]2O[C@@H](CO)[C@@H](O)[C@@H]2O)c(-c2ccc(O)c(O)c2)oc2cc(O)cc(O)c12. The lowest BCUT2D eigenvalue weighted by molar-refractivity contribution is -0.117. The third kappa shape index (κ3) is 3.49. The maximum absolute atomic E-state index is 13.1. The summed E-state index contributed by atoms with van der Waals surface area (Å²) in [6.07, 6.45) is -5.86. The lowest BCUT2D eigenvalue weighted by Crippen LogP contribution is -2.36. The third-order valence-corrected chi connectivity index (χ3v) is 4.89. The minimum atomic E-state index is -1.62. The topological polar surface area (TPSA) is 190 Å². The van der Waals surface area contributed by atoms with Crippen molar-refractivity contribution in [1.82, 2.24) is 0 Å². The molecule has 1 aliphatic heterocycles. The van der Waals surface area contributed by atoms with Crippen molar-refractivity contribution in [3.8, 4) is 40.1 Å². The Labute approximate surface area is 173 Å². The summed E-state index contributed by atoms with van der Waals surface area (Å²) in [4.78, 5) is 13.1. The van der Waals surface area contributed by atoms with E-state index in [1.54, 1.807) is 0 Å². The van der Waals surface area contributed by atoms with E-state index < -0.39 is 59.6 Å². The molecule has 2 heterocycles. The Balaban J connectivity index is 1.92. The van der Waals surface area contributed by atoms with Crippen LogP contribution in [-0.2, 0) is 4.74 Å². The fourth-order valence-electron chi connectivity index (χ4n) is 3.31. The van der Waals surface area contributed by atoms with E-state index in [0.717, 1.165) is 24.3 Å². The van der Waals surface area contributed by atoms with Crippen LogP contribution in [0.5, 0.6) is 28.7 Å². The summed E-state index contributed by atoms with van der Waals surface area (Å²) >= 11 is 0. The van der Waals surface area contributed by atoms with Gasteiger partial charge in [0.15, 0.2) is 17.3 Å². The monoisotopic (exact) mass is 434 g/mol. The summed E-state index contributed by atoms with van der Waals surface area (Å²) in [7, 11) is 0. The van der Waals surface area contributed by atoms with Crippen molar-refractivity contribution in [2.75, 3.05) is 6.61 Å². The molecule has 0 saturated carbocycles. The van der Waals surface area contributed by atoms with Gasteiger partial charge in [0.05, 0.1) is 6.61 Å². The van der Waals surface area contributed by atoms with Gasteiger partial charge in [-0.2, -0.15) is 0 Å². The highest BCUT2D eigenvalue weighted by molar-refractivity contribution is 5.88. The van der Waals surface area contributed by atoms with Crippen LogP contribution in [-0.4, -0.2) is 67.0 Å². The van der Waals surface area contributed by atoms with Gasteiger partial charge < -0.3 is 49.6 Å². The van der Waals surface area contributed by atoms with Crippen LogP contribution >= 0.6 is 0 Å². The first-order valence-corrected chi connectivity index (χ1v) is 9.05. The molecule has 3 aromatic rings. The molecule has 1 aliphatic rings. The van der Waals surface area contributed by atoms with Gasteiger partial charge in [-0.25, -0.2) is 0 Å². The van der Waals surface area contributed by atoms with Crippen LogP contribution in [0.3, 0.4) is 0 Å². The molecule has 0 amide bonds. The summed E-state index contributed by atoms with van der Waals surface area (Å²) in [6, 6.07) is 5.50. The van der Waals surface area contributed by atoms with E-state index in [-0.39, 0.29) is 28.0 Å². The van der Waals surface area contributed by atoms with Crippen molar-refractivity contribution in [2.24, 2.45) is 0 Å². The fraction of sp³-hybridized carbons (Fsp3) is 0.250. The van der Waals surface area contributed by atoms with E-state index >= 15 is 0 Å². The molecule has 11 nitrogen and oxygen atoms in total. The third-order valence-electron chi connectivity index (χ3n) is 4.89. The van der Waals surface area contributed by atoms with Gasteiger partial charge >= 0.3 is 0 Å². The Morgan fingerprint density at radius 1 is 0.935 bits per heavy atom. The molecule has 0 spiro atoms. The Hall–Kier alpha value is -3.51. The first-order chi connectivity index (χ1) is 14.7. The predicted molar refractivity (Wildman–Crippen MR) is 103 cm³/mol. The summed E-state index contributed by atoms with van der Waals surface area (Å²) in [5.74, 6) is -2.78. The number of rotatable bonds is 4. The Kier molecular flexibility index (Phi) is 5.11. The zero-order chi connectivity index (χ0) is 22.4. The van der Waals surface area contributed by atoms with Crippen LogP contribution < -0.4 is 10.2 Å². The van der Waals surface area contributed by atoms with Gasteiger partial charge in [-0.05, 0) is 18.2 Å². The number of ether oxygens (including phenoxy) is 2. The molecule has 4 rings (SSSR count). The second-order valence-corrected chi connectivity index (χ2v) is 6.96. The lowest BCUT2D eigenvalue weighted by atomic mass is 10.1. The summed E-state index contributed by atoms with van der Waals surface area (Å²) in [6.45, 7) is -0.622. The Morgan fingerprint density at radius 2 is 1.68 bits per heavy atom. The highest BCUT2D eigenvalue weighted by Crippen LogP contribution is 2.39. The van der Waals surface area contributed by atoms with Crippen LogP contribution in [0, 0.1) is 0 Å². The van der Waals surface area contributed by atoms with E-state index in [4.69, 9.17) is 13.9 Å². The van der Waals surface area contributed by atoms with E-state index in [9.17, 15) is 40.5 Å². The molecule has 1 fully saturated rings. The van der Waals surface area contributed by atoms with Gasteiger partial charge in [-0.3, -0.25) is 4.79 Å². The van der Waals surface area contributed by atoms with Crippen LogP contribution in [0.15, 0.2) is 39.5 Å². The molecule has 2 aromatic carbocycles. The summed E-state index contributed by atoms with van der Waals surface area (Å²) < 4.78 is 16.4. The highest BCUT2D eigenvalue weighted by atomic mass is 16.7. The second kappa shape index (κ2) is 7.63. The molecular weight excluding hydrogens is 416 g/mol. The number of hydrogen-bond donors (Lipinski definition) is 7. The van der Waals surface area contributed by atoms with Gasteiger partial charge in [0.1, 0.15) is 40.8 Å². The number of aliphatic hydroxyl groups is 3. The maximum atomic E-state index is 13.1. The number of aromatic hydroxyl groups is 4. The summed E-state index contributed by atoms with van der Waals surface area (Å²) in [5.41, 5.74) is -1.04. The van der Waals surface area contributed by atoms with Gasteiger partial charge in [-0.1, -0.05) is 0 Å². The molecule has 1 saturated heterocycles. The molecule has 11 heteroatoms. The smallest absolute Gasteiger partial charge is 0.239 e. The number of phenols is 4. The molecule has 0 bridgehead atoms. The molecule has 7 N–H and O–H groups in total. The molecule has 0 aliphatic carbocycles. The van der Waals surface area contributed by atoms with Crippen LogP contribution in [0.4, 0.5) is 0 Å². The van der Waals surface area contributed by atoms with Crippen LogP contribution in [0.2, 0.25) is 0 Å². The minimum Gasteiger partial charge on any atom is -0.508 e. The number of phenolic OH excluding ortho intramolecular Hbond substituents is 4. The Morgan fingerprint density at radius 3 is 2.32 bits per heavy atom. The molecule has 0 radical (unpaired) electrons. The van der Waals surface area contributed by atoms with Crippen molar-refractivity contribution >= 4 is 11.0 Å². The quantitative estimate of drug-likeness (QED) is 0.276. The standard InChI is InChI=1S/C20H18O11/c21-6-13-15(26)17(28)20(30-13)31-19-16(27)14-11(25)4-8(22)5-12(14)29-18(19)7-1-2-9(23)10(24)3-7/h1-5,13,15,17,20-26,28H,6H2/t13-,15+,17-,20-/m0/s1. The number of benzene rings is 2. The largest absolute Gasteiger partial charge is 0.508 e. The van der Waals surface area contributed by atoms with Crippen LogP contribution in [0.25, 0.3) is 22.3 Å². The number of aliphatic hydroxyl groups excluding tert-OH is 3. The molecule has 0 unspecified atom stereocenters. The van der Waals surface area contributed by atoms with E-state index in [2.05, 4.69) is 0 Å². The zero-order valence-electron chi connectivity index (χ0n) is 15.7. The fourth-order valence-corrected chi connectivity index (χ4v) is 3.31. The first kappa shape index (κ1) is 20.8.